The van der Waals surface area contributed by atoms with Crippen LogP contribution in [0.1, 0.15) is 31.1 Å². The summed E-state index contributed by atoms with van der Waals surface area (Å²) < 4.78 is 12.2. The molecule has 21 heavy (non-hydrogen) atoms. The summed E-state index contributed by atoms with van der Waals surface area (Å²) in [7, 11) is 0. The lowest BCUT2D eigenvalue weighted by molar-refractivity contribution is 0.126. The minimum Gasteiger partial charge on any atom is -0.483 e. The SMILES string of the molecule is CC1(C)Cc2cccc(OC(CN)c3ccccc3)c2O1. The lowest BCUT2D eigenvalue weighted by atomic mass is 10.0. The molecule has 0 aliphatic carbocycles. The molecule has 1 aliphatic rings. The second kappa shape index (κ2) is 5.41. The number of hydrogen-bond acceptors (Lipinski definition) is 3. The van der Waals surface area contributed by atoms with E-state index in [4.69, 9.17) is 15.2 Å². The van der Waals surface area contributed by atoms with Crippen molar-refractivity contribution in [3.8, 4) is 11.5 Å². The Morgan fingerprint density at radius 2 is 1.90 bits per heavy atom. The summed E-state index contributed by atoms with van der Waals surface area (Å²) in [6.45, 7) is 4.61. The summed E-state index contributed by atoms with van der Waals surface area (Å²) in [6, 6.07) is 16.1. The summed E-state index contributed by atoms with van der Waals surface area (Å²) in [6.07, 6.45) is 0.739. The first-order valence-electron chi connectivity index (χ1n) is 7.32. The highest BCUT2D eigenvalue weighted by molar-refractivity contribution is 5.50. The smallest absolute Gasteiger partial charge is 0.165 e. The Labute approximate surface area is 125 Å². The van der Waals surface area contributed by atoms with Crippen molar-refractivity contribution in [1.29, 1.82) is 0 Å². The number of rotatable bonds is 4. The van der Waals surface area contributed by atoms with Crippen molar-refractivity contribution in [1.82, 2.24) is 0 Å². The molecule has 0 amide bonds. The fourth-order valence-corrected chi connectivity index (χ4v) is 2.75. The van der Waals surface area contributed by atoms with E-state index >= 15 is 0 Å². The third-order valence-electron chi connectivity index (χ3n) is 3.71. The third kappa shape index (κ3) is 2.88. The number of ether oxygens (including phenoxy) is 2. The monoisotopic (exact) mass is 283 g/mol. The fourth-order valence-electron chi connectivity index (χ4n) is 2.75. The van der Waals surface area contributed by atoms with Crippen LogP contribution < -0.4 is 15.2 Å². The molecule has 1 atom stereocenters. The second-order valence-corrected chi connectivity index (χ2v) is 6.04. The molecule has 0 radical (unpaired) electrons. The zero-order valence-corrected chi connectivity index (χ0v) is 12.5. The number of benzene rings is 2. The van der Waals surface area contributed by atoms with Crippen LogP contribution in [-0.2, 0) is 6.42 Å². The summed E-state index contributed by atoms with van der Waals surface area (Å²) in [5.74, 6) is 1.63. The van der Waals surface area contributed by atoms with E-state index in [1.54, 1.807) is 0 Å². The van der Waals surface area contributed by atoms with E-state index in [1.807, 2.05) is 42.5 Å². The Balaban J connectivity index is 1.88. The van der Waals surface area contributed by atoms with Crippen LogP contribution in [0.2, 0.25) is 0 Å². The minimum absolute atomic E-state index is 0.162. The lowest BCUT2D eigenvalue weighted by Gasteiger charge is -2.21. The van der Waals surface area contributed by atoms with Gasteiger partial charge in [0.1, 0.15) is 11.7 Å². The van der Waals surface area contributed by atoms with Crippen molar-refractivity contribution in [3.63, 3.8) is 0 Å². The molecule has 0 bridgehead atoms. The Bertz CT molecular complexity index is 622. The molecule has 1 heterocycles. The van der Waals surface area contributed by atoms with E-state index in [2.05, 4.69) is 19.9 Å². The zero-order valence-electron chi connectivity index (χ0n) is 12.5. The molecule has 2 aromatic rings. The molecule has 3 rings (SSSR count). The van der Waals surface area contributed by atoms with E-state index in [0.29, 0.717) is 6.54 Å². The summed E-state index contributed by atoms with van der Waals surface area (Å²) in [5, 5.41) is 0. The van der Waals surface area contributed by atoms with Crippen molar-refractivity contribution in [2.24, 2.45) is 5.73 Å². The molecule has 0 saturated carbocycles. The maximum Gasteiger partial charge on any atom is 0.165 e. The molecule has 2 aromatic carbocycles. The summed E-state index contributed by atoms with van der Waals surface area (Å²) in [5.41, 5.74) is 7.99. The van der Waals surface area contributed by atoms with E-state index < -0.39 is 0 Å². The van der Waals surface area contributed by atoms with E-state index in [0.717, 1.165) is 23.5 Å². The first-order chi connectivity index (χ1) is 10.1. The molecule has 1 unspecified atom stereocenters. The average molecular weight is 283 g/mol. The van der Waals surface area contributed by atoms with Gasteiger partial charge in [-0.2, -0.15) is 0 Å². The van der Waals surface area contributed by atoms with Gasteiger partial charge in [0, 0.05) is 18.5 Å². The highest BCUT2D eigenvalue weighted by atomic mass is 16.5. The standard InChI is InChI=1S/C18H21NO2/c1-18(2)11-14-9-6-10-15(17(14)21-18)20-16(12-19)13-7-4-3-5-8-13/h3-10,16H,11-12,19H2,1-2H3. The summed E-state index contributed by atoms with van der Waals surface area (Å²) >= 11 is 0. The Hall–Kier alpha value is -2.00. The molecular formula is C18H21NO2. The summed E-state index contributed by atoms with van der Waals surface area (Å²) in [4.78, 5) is 0. The largest absolute Gasteiger partial charge is 0.483 e. The van der Waals surface area contributed by atoms with Crippen molar-refractivity contribution < 1.29 is 9.47 Å². The molecule has 2 N–H and O–H groups in total. The first kappa shape index (κ1) is 14.0. The normalized spacial score (nSPS) is 16.9. The molecule has 0 fully saturated rings. The Morgan fingerprint density at radius 1 is 1.14 bits per heavy atom. The van der Waals surface area contributed by atoms with Crippen molar-refractivity contribution in [2.45, 2.75) is 32.0 Å². The number of hydrogen-bond donors (Lipinski definition) is 1. The topological polar surface area (TPSA) is 44.5 Å². The Morgan fingerprint density at radius 3 is 2.62 bits per heavy atom. The maximum atomic E-state index is 6.14. The van der Waals surface area contributed by atoms with E-state index in [9.17, 15) is 0 Å². The molecule has 1 aliphatic heterocycles. The van der Waals surface area contributed by atoms with Gasteiger partial charge < -0.3 is 15.2 Å². The van der Waals surface area contributed by atoms with Crippen molar-refractivity contribution in [3.05, 3.63) is 59.7 Å². The molecular weight excluding hydrogens is 262 g/mol. The van der Waals surface area contributed by atoms with Gasteiger partial charge >= 0.3 is 0 Å². The Kier molecular flexibility index (Phi) is 3.60. The van der Waals surface area contributed by atoms with Crippen LogP contribution >= 0.6 is 0 Å². The highest BCUT2D eigenvalue weighted by Crippen LogP contribution is 2.42. The highest BCUT2D eigenvalue weighted by Gasteiger charge is 2.32. The van der Waals surface area contributed by atoms with Gasteiger partial charge in [-0.1, -0.05) is 42.5 Å². The number of nitrogens with two attached hydrogens (primary N) is 1. The van der Waals surface area contributed by atoms with Crippen LogP contribution in [0.3, 0.4) is 0 Å². The first-order valence-corrected chi connectivity index (χ1v) is 7.32. The van der Waals surface area contributed by atoms with Gasteiger partial charge in [0.05, 0.1) is 0 Å². The van der Waals surface area contributed by atoms with Crippen LogP contribution in [0.5, 0.6) is 11.5 Å². The quantitative estimate of drug-likeness (QED) is 0.934. The molecule has 0 saturated heterocycles. The van der Waals surface area contributed by atoms with E-state index in [1.165, 1.54) is 5.56 Å². The van der Waals surface area contributed by atoms with Gasteiger partial charge in [0.15, 0.2) is 11.5 Å². The molecule has 110 valence electrons. The predicted octanol–water partition coefficient (Wildman–Crippen LogP) is 3.48. The molecule has 3 nitrogen and oxygen atoms in total. The zero-order chi connectivity index (χ0) is 14.9. The molecule has 0 spiro atoms. The van der Waals surface area contributed by atoms with Gasteiger partial charge in [-0.3, -0.25) is 0 Å². The fraction of sp³-hybridized carbons (Fsp3) is 0.333. The lowest BCUT2D eigenvalue weighted by Crippen LogP contribution is -2.25. The number of para-hydroxylation sites is 1. The predicted molar refractivity (Wildman–Crippen MR) is 83.7 cm³/mol. The van der Waals surface area contributed by atoms with Crippen LogP contribution in [0.4, 0.5) is 0 Å². The van der Waals surface area contributed by atoms with Gasteiger partial charge in [-0.25, -0.2) is 0 Å². The maximum absolute atomic E-state index is 6.14. The van der Waals surface area contributed by atoms with Crippen LogP contribution in [-0.4, -0.2) is 12.1 Å². The van der Waals surface area contributed by atoms with Crippen LogP contribution in [0, 0.1) is 0 Å². The van der Waals surface area contributed by atoms with Gasteiger partial charge in [-0.05, 0) is 25.5 Å². The van der Waals surface area contributed by atoms with Crippen molar-refractivity contribution >= 4 is 0 Å². The van der Waals surface area contributed by atoms with E-state index in [-0.39, 0.29) is 11.7 Å². The molecule has 0 aromatic heterocycles. The second-order valence-electron chi connectivity index (χ2n) is 6.04. The third-order valence-corrected chi connectivity index (χ3v) is 3.71. The van der Waals surface area contributed by atoms with Crippen LogP contribution in [0.25, 0.3) is 0 Å². The number of fused-ring (bicyclic) bond motifs is 1. The average Bonchev–Trinajstić information content (AvgIpc) is 2.80. The van der Waals surface area contributed by atoms with Gasteiger partial charge in [0.2, 0.25) is 0 Å². The van der Waals surface area contributed by atoms with Gasteiger partial charge in [-0.15, -0.1) is 0 Å². The minimum atomic E-state index is -0.174. The van der Waals surface area contributed by atoms with Crippen molar-refractivity contribution in [2.75, 3.05) is 6.54 Å². The van der Waals surface area contributed by atoms with Crippen LogP contribution in [0.15, 0.2) is 48.5 Å². The molecule has 3 heteroatoms. The van der Waals surface area contributed by atoms with Gasteiger partial charge in [0.25, 0.3) is 0 Å².